The van der Waals surface area contributed by atoms with Gasteiger partial charge in [0.2, 0.25) is 6.41 Å². The van der Waals surface area contributed by atoms with Crippen LogP contribution in [0.2, 0.25) is 0 Å². The van der Waals surface area contributed by atoms with Crippen molar-refractivity contribution in [2.45, 2.75) is 6.54 Å². The lowest BCUT2D eigenvalue weighted by molar-refractivity contribution is -0.117. The van der Waals surface area contributed by atoms with Gasteiger partial charge in [0, 0.05) is 25.2 Å². The summed E-state index contributed by atoms with van der Waals surface area (Å²) in [6.07, 6.45) is 0.781. The van der Waals surface area contributed by atoms with Gasteiger partial charge in [-0.3, -0.25) is 4.79 Å². The van der Waals surface area contributed by atoms with E-state index in [1.54, 1.807) is 32.2 Å². The monoisotopic (exact) mass is 209 g/mol. The smallest absolute Gasteiger partial charge is 0.209 e. The molecule has 1 rings (SSSR count). The van der Waals surface area contributed by atoms with Gasteiger partial charge >= 0.3 is 0 Å². The van der Waals surface area contributed by atoms with Crippen LogP contribution in [-0.4, -0.2) is 32.6 Å². The molecule has 4 heteroatoms. The maximum absolute atomic E-state index is 10.5. The lowest BCUT2D eigenvalue weighted by Crippen LogP contribution is -2.15. The topological polar surface area (TPSA) is 38.8 Å². The number of nitrogens with zero attached hydrogens (tertiary/aromatic N) is 1. The molecule has 0 N–H and O–H groups in total. The Labute approximate surface area is 89.4 Å². The van der Waals surface area contributed by atoms with Gasteiger partial charge in [0.1, 0.15) is 11.5 Å². The van der Waals surface area contributed by atoms with E-state index in [1.165, 1.54) is 0 Å². The van der Waals surface area contributed by atoms with Gasteiger partial charge in [-0.25, -0.2) is 0 Å². The Balaban J connectivity index is 2.91. The van der Waals surface area contributed by atoms with Crippen molar-refractivity contribution in [2.75, 3.05) is 21.3 Å². The van der Waals surface area contributed by atoms with Gasteiger partial charge < -0.3 is 14.4 Å². The zero-order chi connectivity index (χ0) is 11.3. The van der Waals surface area contributed by atoms with Crippen molar-refractivity contribution in [3.05, 3.63) is 23.8 Å². The summed E-state index contributed by atoms with van der Waals surface area (Å²) in [6, 6.07) is 5.53. The molecule has 0 heterocycles. The molecule has 0 radical (unpaired) electrons. The number of rotatable bonds is 5. The van der Waals surface area contributed by atoms with Crippen LogP contribution in [0.25, 0.3) is 0 Å². The first-order chi connectivity index (χ1) is 7.21. The minimum atomic E-state index is 0.524. The summed E-state index contributed by atoms with van der Waals surface area (Å²) < 4.78 is 10.3. The number of hydrogen-bond acceptors (Lipinski definition) is 3. The third-order valence-corrected chi connectivity index (χ3v) is 2.09. The van der Waals surface area contributed by atoms with E-state index < -0.39 is 0 Å². The van der Waals surface area contributed by atoms with E-state index in [0.29, 0.717) is 6.54 Å². The fraction of sp³-hybridized carbons (Fsp3) is 0.364. The Bertz CT molecular complexity index is 339. The first kappa shape index (κ1) is 11.4. The standard InChI is InChI=1S/C11H15NO3/c1-12(8-13)7-9-4-5-10(14-2)6-11(9)15-3/h4-6,8H,7H2,1-3H3. The molecule has 0 atom stereocenters. The van der Waals surface area contributed by atoms with Crippen LogP contribution in [0.1, 0.15) is 5.56 Å². The molecule has 0 saturated carbocycles. The van der Waals surface area contributed by atoms with Crippen LogP contribution >= 0.6 is 0 Å². The second-order valence-corrected chi connectivity index (χ2v) is 3.20. The normalized spacial score (nSPS) is 9.53. The van der Waals surface area contributed by atoms with Crippen molar-refractivity contribution in [1.29, 1.82) is 0 Å². The minimum Gasteiger partial charge on any atom is -0.497 e. The average molecular weight is 209 g/mol. The van der Waals surface area contributed by atoms with E-state index in [-0.39, 0.29) is 0 Å². The highest BCUT2D eigenvalue weighted by atomic mass is 16.5. The Morgan fingerprint density at radius 2 is 2.07 bits per heavy atom. The molecule has 0 aliphatic rings. The summed E-state index contributed by atoms with van der Waals surface area (Å²) in [4.78, 5) is 12.0. The molecule has 0 saturated heterocycles. The Morgan fingerprint density at radius 3 is 2.60 bits per heavy atom. The van der Waals surface area contributed by atoms with E-state index in [0.717, 1.165) is 23.5 Å². The van der Waals surface area contributed by atoms with Crippen LogP contribution in [0.3, 0.4) is 0 Å². The van der Waals surface area contributed by atoms with E-state index in [9.17, 15) is 4.79 Å². The van der Waals surface area contributed by atoms with Crippen LogP contribution in [0.15, 0.2) is 18.2 Å². The molecule has 1 aromatic rings. The number of carbonyl (C=O) groups excluding carboxylic acids is 1. The molecule has 0 spiro atoms. The molecule has 15 heavy (non-hydrogen) atoms. The number of carbonyl (C=O) groups is 1. The summed E-state index contributed by atoms with van der Waals surface area (Å²) in [7, 11) is 4.92. The Kier molecular flexibility index (Phi) is 3.97. The fourth-order valence-electron chi connectivity index (χ4n) is 1.29. The SMILES string of the molecule is COc1ccc(CN(C)C=O)c(OC)c1. The van der Waals surface area contributed by atoms with Crippen molar-refractivity contribution in [3.63, 3.8) is 0 Å². The van der Waals surface area contributed by atoms with Crippen LogP contribution < -0.4 is 9.47 Å². The minimum absolute atomic E-state index is 0.524. The number of ether oxygens (including phenoxy) is 2. The lowest BCUT2D eigenvalue weighted by atomic mass is 10.2. The van der Waals surface area contributed by atoms with Crippen LogP contribution in [-0.2, 0) is 11.3 Å². The average Bonchev–Trinajstić information content (AvgIpc) is 2.29. The molecule has 0 aliphatic carbocycles. The molecule has 1 amide bonds. The Hall–Kier alpha value is -1.71. The molecular weight excluding hydrogens is 194 g/mol. The number of benzene rings is 1. The quantitative estimate of drug-likeness (QED) is 0.686. The van der Waals surface area contributed by atoms with Gasteiger partial charge in [-0.15, -0.1) is 0 Å². The third kappa shape index (κ3) is 2.87. The van der Waals surface area contributed by atoms with Gasteiger partial charge in [-0.2, -0.15) is 0 Å². The van der Waals surface area contributed by atoms with Crippen LogP contribution in [0.4, 0.5) is 0 Å². The second kappa shape index (κ2) is 5.24. The summed E-state index contributed by atoms with van der Waals surface area (Å²) in [5.74, 6) is 1.47. The molecule has 0 bridgehead atoms. The molecular formula is C11H15NO3. The highest BCUT2D eigenvalue weighted by Crippen LogP contribution is 2.25. The molecule has 1 aromatic carbocycles. The second-order valence-electron chi connectivity index (χ2n) is 3.20. The predicted molar refractivity (Wildman–Crippen MR) is 57.1 cm³/mol. The van der Waals surface area contributed by atoms with Crippen LogP contribution in [0, 0.1) is 0 Å². The highest BCUT2D eigenvalue weighted by Gasteiger charge is 2.06. The maximum Gasteiger partial charge on any atom is 0.209 e. The first-order valence-electron chi connectivity index (χ1n) is 4.57. The Morgan fingerprint density at radius 1 is 1.33 bits per heavy atom. The summed E-state index contributed by atoms with van der Waals surface area (Å²) >= 11 is 0. The van der Waals surface area contributed by atoms with Gasteiger partial charge in [0.15, 0.2) is 0 Å². The number of methoxy groups -OCH3 is 2. The number of hydrogen-bond donors (Lipinski definition) is 0. The molecule has 0 fully saturated rings. The van der Waals surface area contributed by atoms with E-state index in [2.05, 4.69) is 0 Å². The lowest BCUT2D eigenvalue weighted by Gasteiger charge is -2.14. The molecule has 0 aromatic heterocycles. The van der Waals surface area contributed by atoms with Crippen molar-refractivity contribution >= 4 is 6.41 Å². The zero-order valence-electron chi connectivity index (χ0n) is 9.19. The molecule has 4 nitrogen and oxygen atoms in total. The molecule has 0 unspecified atom stereocenters. The van der Waals surface area contributed by atoms with Crippen molar-refractivity contribution in [3.8, 4) is 11.5 Å². The zero-order valence-corrected chi connectivity index (χ0v) is 9.19. The van der Waals surface area contributed by atoms with Gasteiger partial charge in [-0.1, -0.05) is 0 Å². The predicted octanol–water partition coefficient (Wildman–Crippen LogP) is 1.29. The van der Waals surface area contributed by atoms with Crippen molar-refractivity contribution in [1.82, 2.24) is 4.90 Å². The maximum atomic E-state index is 10.5. The van der Waals surface area contributed by atoms with E-state index >= 15 is 0 Å². The largest absolute Gasteiger partial charge is 0.497 e. The van der Waals surface area contributed by atoms with Gasteiger partial charge in [-0.05, 0) is 12.1 Å². The third-order valence-electron chi connectivity index (χ3n) is 2.09. The fourth-order valence-corrected chi connectivity index (χ4v) is 1.29. The first-order valence-corrected chi connectivity index (χ1v) is 4.57. The molecule has 0 aliphatic heterocycles. The highest BCUT2D eigenvalue weighted by molar-refractivity contribution is 5.48. The van der Waals surface area contributed by atoms with Crippen molar-refractivity contribution in [2.24, 2.45) is 0 Å². The van der Waals surface area contributed by atoms with Gasteiger partial charge in [0.25, 0.3) is 0 Å². The number of amides is 1. The molecule has 82 valence electrons. The van der Waals surface area contributed by atoms with Gasteiger partial charge in [0.05, 0.1) is 14.2 Å². The summed E-state index contributed by atoms with van der Waals surface area (Å²) in [5.41, 5.74) is 0.952. The van der Waals surface area contributed by atoms with Crippen molar-refractivity contribution < 1.29 is 14.3 Å². The van der Waals surface area contributed by atoms with Crippen LogP contribution in [0.5, 0.6) is 11.5 Å². The van der Waals surface area contributed by atoms with E-state index in [1.807, 2.05) is 12.1 Å². The van der Waals surface area contributed by atoms with E-state index in [4.69, 9.17) is 9.47 Å². The summed E-state index contributed by atoms with van der Waals surface area (Å²) in [6.45, 7) is 0.524. The summed E-state index contributed by atoms with van der Waals surface area (Å²) in [5, 5.41) is 0.